The summed E-state index contributed by atoms with van der Waals surface area (Å²) in [5.41, 5.74) is 1.64. The van der Waals surface area contributed by atoms with E-state index in [0.29, 0.717) is 17.6 Å². The summed E-state index contributed by atoms with van der Waals surface area (Å²) in [5.74, 6) is -1.25. The number of nitrogens with zero attached hydrogens (tertiary/aromatic N) is 4. The number of anilines is 1. The van der Waals surface area contributed by atoms with Crippen molar-refractivity contribution in [3.05, 3.63) is 85.0 Å². The molecule has 0 aliphatic heterocycles. The molecule has 0 bridgehead atoms. The van der Waals surface area contributed by atoms with Gasteiger partial charge in [0.05, 0.1) is 33.8 Å². The number of hydrogen-bond acceptors (Lipinski definition) is 7. The highest BCUT2D eigenvalue weighted by Crippen LogP contribution is 2.22. The molecule has 1 amide bonds. The number of aromatic nitrogens is 2. The van der Waals surface area contributed by atoms with E-state index in [-0.39, 0.29) is 36.7 Å². The summed E-state index contributed by atoms with van der Waals surface area (Å²) < 4.78 is 19.9. The molecule has 0 radical (unpaired) electrons. The van der Waals surface area contributed by atoms with Gasteiger partial charge in [0.25, 0.3) is 5.69 Å². The number of non-ortho nitro benzene ring substituents is 1. The van der Waals surface area contributed by atoms with Gasteiger partial charge in [0.1, 0.15) is 5.82 Å². The number of carbonyl (C=O) groups excluding carboxylic acids is 1. The Labute approximate surface area is 190 Å². The number of benzene rings is 2. The summed E-state index contributed by atoms with van der Waals surface area (Å²) >= 11 is 1.48. The SMILES string of the molecule is Cc1nc(CN(C(=O)CCCn2c(=O)oc3cc([N+](=O)[O-])ccc32)c2ccc(F)cc2)cs1. The number of fused-ring (bicyclic) bond motifs is 1. The second-order valence-electron chi connectivity index (χ2n) is 7.35. The molecule has 0 aliphatic carbocycles. The lowest BCUT2D eigenvalue weighted by Crippen LogP contribution is -2.30. The summed E-state index contributed by atoms with van der Waals surface area (Å²) in [6.45, 7) is 2.31. The predicted molar refractivity (Wildman–Crippen MR) is 121 cm³/mol. The molecule has 4 rings (SSSR count). The summed E-state index contributed by atoms with van der Waals surface area (Å²) in [6.07, 6.45) is 0.449. The predicted octanol–water partition coefficient (Wildman–Crippen LogP) is 4.42. The maximum atomic E-state index is 13.4. The minimum absolute atomic E-state index is 0.118. The molecule has 2 aromatic heterocycles. The molecule has 0 unspecified atom stereocenters. The van der Waals surface area contributed by atoms with E-state index in [1.807, 2.05) is 12.3 Å². The van der Waals surface area contributed by atoms with Gasteiger partial charge in [-0.25, -0.2) is 14.2 Å². The second-order valence-corrected chi connectivity index (χ2v) is 8.41. The van der Waals surface area contributed by atoms with Crippen LogP contribution in [0.15, 0.2) is 57.1 Å². The molecule has 11 heteroatoms. The highest BCUT2D eigenvalue weighted by molar-refractivity contribution is 7.09. The summed E-state index contributed by atoms with van der Waals surface area (Å²) in [5, 5.41) is 13.7. The average molecular weight is 470 g/mol. The lowest BCUT2D eigenvalue weighted by atomic mass is 10.2. The molecule has 0 N–H and O–H groups in total. The van der Waals surface area contributed by atoms with Gasteiger partial charge in [-0.15, -0.1) is 11.3 Å². The van der Waals surface area contributed by atoms with Crippen LogP contribution >= 0.6 is 11.3 Å². The lowest BCUT2D eigenvalue weighted by molar-refractivity contribution is -0.384. The van der Waals surface area contributed by atoms with Gasteiger partial charge in [-0.1, -0.05) is 0 Å². The third-order valence-corrected chi connectivity index (χ3v) is 5.88. The first-order valence-electron chi connectivity index (χ1n) is 10.1. The zero-order valence-electron chi connectivity index (χ0n) is 17.6. The first-order chi connectivity index (χ1) is 15.8. The van der Waals surface area contributed by atoms with Gasteiger partial charge in [-0.05, 0) is 43.7 Å². The van der Waals surface area contributed by atoms with Gasteiger partial charge in [0.15, 0.2) is 5.58 Å². The van der Waals surface area contributed by atoms with E-state index in [0.717, 1.165) is 10.7 Å². The molecule has 0 saturated heterocycles. The highest BCUT2D eigenvalue weighted by atomic mass is 32.1. The van der Waals surface area contributed by atoms with Crippen LogP contribution in [0.3, 0.4) is 0 Å². The average Bonchev–Trinajstić information content (AvgIpc) is 3.34. The molecule has 4 aromatic rings. The third kappa shape index (κ3) is 4.98. The van der Waals surface area contributed by atoms with E-state index in [9.17, 15) is 24.1 Å². The zero-order valence-corrected chi connectivity index (χ0v) is 18.4. The highest BCUT2D eigenvalue weighted by Gasteiger charge is 2.19. The Kier molecular flexibility index (Phi) is 6.31. The van der Waals surface area contributed by atoms with E-state index in [2.05, 4.69) is 4.98 Å². The Bertz CT molecular complexity index is 1380. The molecule has 0 fully saturated rings. The van der Waals surface area contributed by atoms with Crippen molar-refractivity contribution < 1.29 is 18.5 Å². The molecule has 0 atom stereocenters. The van der Waals surface area contributed by atoms with E-state index < -0.39 is 16.5 Å². The van der Waals surface area contributed by atoms with Crippen molar-refractivity contribution >= 4 is 39.7 Å². The number of aryl methyl sites for hydroxylation is 2. The minimum Gasteiger partial charge on any atom is -0.407 e. The van der Waals surface area contributed by atoms with Gasteiger partial charge < -0.3 is 9.32 Å². The topological polar surface area (TPSA) is 111 Å². The van der Waals surface area contributed by atoms with Crippen LogP contribution in [0, 0.1) is 22.9 Å². The fourth-order valence-corrected chi connectivity index (χ4v) is 4.09. The van der Waals surface area contributed by atoms with E-state index in [1.165, 1.54) is 63.3 Å². The Morgan fingerprint density at radius 1 is 1.27 bits per heavy atom. The summed E-state index contributed by atoms with van der Waals surface area (Å²) in [4.78, 5) is 41.6. The monoisotopic (exact) mass is 470 g/mol. The van der Waals surface area contributed by atoms with Crippen LogP contribution in [0.2, 0.25) is 0 Å². The molecule has 0 saturated carbocycles. The number of nitro benzene ring substituents is 1. The van der Waals surface area contributed by atoms with Crippen molar-refractivity contribution in [3.63, 3.8) is 0 Å². The molecular weight excluding hydrogens is 451 g/mol. The van der Waals surface area contributed by atoms with Crippen molar-refractivity contribution in [2.45, 2.75) is 32.9 Å². The van der Waals surface area contributed by atoms with Gasteiger partial charge in [-0.2, -0.15) is 0 Å². The van der Waals surface area contributed by atoms with Crippen LogP contribution in [-0.4, -0.2) is 20.4 Å². The molecular formula is C22H19FN4O5S. The minimum atomic E-state index is -0.647. The van der Waals surface area contributed by atoms with Crippen molar-refractivity contribution in [1.82, 2.24) is 9.55 Å². The molecule has 170 valence electrons. The molecule has 2 aromatic carbocycles. The Morgan fingerprint density at radius 3 is 2.70 bits per heavy atom. The molecule has 0 spiro atoms. The van der Waals surface area contributed by atoms with Crippen LogP contribution in [0.1, 0.15) is 23.5 Å². The molecule has 33 heavy (non-hydrogen) atoms. The number of rotatable bonds is 8. The van der Waals surface area contributed by atoms with Gasteiger partial charge in [-0.3, -0.25) is 19.5 Å². The Balaban J connectivity index is 1.49. The summed E-state index contributed by atoms with van der Waals surface area (Å²) in [6, 6.07) is 9.60. The number of hydrogen-bond donors (Lipinski definition) is 0. The van der Waals surface area contributed by atoms with E-state index in [4.69, 9.17) is 4.42 Å². The molecule has 0 aliphatic rings. The van der Waals surface area contributed by atoms with Crippen LogP contribution in [0.25, 0.3) is 11.1 Å². The quantitative estimate of drug-likeness (QED) is 0.278. The maximum Gasteiger partial charge on any atom is 0.419 e. The first kappa shape index (κ1) is 22.3. The number of oxazole rings is 1. The van der Waals surface area contributed by atoms with Crippen molar-refractivity contribution in [3.8, 4) is 0 Å². The van der Waals surface area contributed by atoms with Gasteiger partial charge in [0, 0.05) is 30.1 Å². The number of carbonyl (C=O) groups is 1. The van der Waals surface area contributed by atoms with Crippen molar-refractivity contribution in [2.75, 3.05) is 4.90 Å². The first-order valence-corrected chi connectivity index (χ1v) is 10.9. The Hall–Kier alpha value is -3.86. The second kappa shape index (κ2) is 9.33. The van der Waals surface area contributed by atoms with Crippen molar-refractivity contribution in [2.24, 2.45) is 0 Å². The maximum absolute atomic E-state index is 13.4. The van der Waals surface area contributed by atoms with Gasteiger partial charge >= 0.3 is 5.76 Å². The van der Waals surface area contributed by atoms with Crippen LogP contribution in [-0.2, 0) is 17.9 Å². The number of nitro groups is 1. The smallest absolute Gasteiger partial charge is 0.407 e. The fourth-order valence-electron chi connectivity index (χ4n) is 3.49. The third-order valence-electron chi connectivity index (χ3n) is 5.06. The van der Waals surface area contributed by atoms with Crippen molar-refractivity contribution in [1.29, 1.82) is 0 Å². The zero-order chi connectivity index (χ0) is 23.5. The lowest BCUT2D eigenvalue weighted by Gasteiger charge is -2.22. The van der Waals surface area contributed by atoms with E-state index in [1.54, 1.807) is 0 Å². The standard InChI is InChI=1S/C22H19FN4O5S/c1-14-24-16(13-33-14)12-26(17-6-4-15(23)5-7-17)21(28)3-2-10-25-19-9-8-18(27(30)31)11-20(19)32-22(25)29/h4-9,11,13H,2-3,10,12H2,1H3. The molecule has 2 heterocycles. The number of halogens is 1. The fraction of sp³-hybridized carbons (Fsp3) is 0.227. The normalized spacial score (nSPS) is 11.1. The number of thiazole rings is 1. The van der Waals surface area contributed by atoms with Crippen LogP contribution < -0.4 is 10.7 Å². The summed E-state index contributed by atoms with van der Waals surface area (Å²) in [7, 11) is 0. The molecule has 9 nitrogen and oxygen atoms in total. The van der Waals surface area contributed by atoms with Gasteiger partial charge in [0.2, 0.25) is 5.91 Å². The van der Waals surface area contributed by atoms with Crippen LogP contribution in [0.5, 0.6) is 0 Å². The number of amides is 1. The Morgan fingerprint density at radius 2 is 2.03 bits per heavy atom. The van der Waals surface area contributed by atoms with E-state index >= 15 is 0 Å². The van der Waals surface area contributed by atoms with Crippen LogP contribution in [0.4, 0.5) is 15.8 Å². The largest absolute Gasteiger partial charge is 0.419 e.